The molecule has 0 unspecified atom stereocenters. The van der Waals surface area contributed by atoms with E-state index < -0.39 is 0 Å². The van der Waals surface area contributed by atoms with Crippen molar-refractivity contribution >= 4 is 40.5 Å². The molecule has 4 rings (SSSR count). The number of nitrogens with zero attached hydrogens (tertiary/aromatic N) is 2. The van der Waals surface area contributed by atoms with E-state index in [1.807, 2.05) is 11.8 Å². The molecule has 1 saturated carbocycles. The van der Waals surface area contributed by atoms with Crippen molar-refractivity contribution in [3.8, 4) is 0 Å². The number of anilines is 2. The molecule has 1 aliphatic carbocycles. The highest BCUT2D eigenvalue weighted by Crippen LogP contribution is 2.29. The predicted molar refractivity (Wildman–Crippen MR) is 158 cm³/mol. The Morgan fingerprint density at radius 2 is 1.57 bits per heavy atom. The Hall–Kier alpha value is -1.24. The van der Waals surface area contributed by atoms with Crippen LogP contribution in [0.1, 0.15) is 84.0 Å². The highest BCUT2D eigenvalue weighted by molar-refractivity contribution is 8.03. The lowest BCUT2D eigenvalue weighted by atomic mass is 9.99. The minimum Gasteiger partial charge on any atom is -0.371 e. The van der Waals surface area contributed by atoms with Gasteiger partial charge in [-0.25, -0.2) is 0 Å². The van der Waals surface area contributed by atoms with Crippen molar-refractivity contribution in [1.29, 1.82) is 0 Å². The normalized spacial score (nSPS) is 21.5. The molecule has 0 amide bonds. The lowest BCUT2D eigenvalue weighted by molar-refractivity contribution is 0.141. The van der Waals surface area contributed by atoms with Gasteiger partial charge in [-0.15, -0.1) is 11.8 Å². The third-order valence-corrected chi connectivity index (χ3v) is 9.36. The zero-order valence-electron chi connectivity index (χ0n) is 21.8. The maximum absolute atomic E-state index is 5.66. The standard InChI is InChI=1S/C29H46N4S2/c1-2-10-28(35-23-24-11-6-3-4-7-12-24)31-29(34)30-25-13-15-26(16-14-25)33-21-17-27(18-22-33)32-19-8-5-9-20-32/h10,13-16,24,27H,2-9,11-12,17-23H2,1H3,(H2,30,31,34)/b28-10+. The first kappa shape index (κ1) is 26.8. The van der Waals surface area contributed by atoms with Crippen LogP contribution in [-0.4, -0.2) is 48.0 Å². The molecule has 35 heavy (non-hydrogen) atoms. The summed E-state index contributed by atoms with van der Waals surface area (Å²) in [5, 5.41) is 8.75. The molecule has 0 radical (unpaired) electrons. The minimum absolute atomic E-state index is 0.688. The summed E-state index contributed by atoms with van der Waals surface area (Å²) in [4.78, 5) is 5.30. The third kappa shape index (κ3) is 8.68. The first-order chi connectivity index (χ1) is 17.2. The summed E-state index contributed by atoms with van der Waals surface area (Å²) in [6, 6.07) is 9.62. The molecule has 0 bridgehead atoms. The van der Waals surface area contributed by atoms with E-state index in [9.17, 15) is 0 Å². The number of thiocarbonyl (C=S) groups is 1. The van der Waals surface area contributed by atoms with Gasteiger partial charge in [0.05, 0.1) is 5.03 Å². The van der Waals surface area contributed by atoms with Gasteiger partial charge in [-0.05, 0) is 100 Å². The minimum atomic E-state index is 0.688. The summed E-state index contributed by atoms with van der Waals surface area (Å²) in [6.07, 6.45) is 18.5. The van der Waals surface area contributed by atoms with E-state index in [-0.39, 0.29) is 0 Å². The Balaban J connectivity index is 1.21. The van der Waals surface area contributed by atoms with E-state index in [4.69, 9.17) is 12.2 Å². The molecule has 0 spiro atoms. The summed E-state index contributed by atoms with van der Waals surface area (Å²) >= 11 is 7.61. The van der Waals surface area contributed by atoms with Crippen LogP contribution in [0.5, 0.6) is 0 Å². The number of hydrogen-bond donors (Lipinski definition) is 2. The van der Waals surface area contributed by atoms with Crippen LogP contribution >= 0.6 is 24.0 Å². The summed E-state index contributed by atoms with van der Waals surface area (Å²) in [6.45, 7) is 7.15. The fraction of sp³-hybridized carbons (Fsp3) is 0.690. The Bertz CT molecular complexity index is 787. The zero-order valence-corrected chi connectivity index (χ0v) is 23.4. The second-order valence-corrected chi connectivity index (χ2v) is 12.1. The van der Waals surface area contributed by atoms with Crippen LogP contribution in [0, 0.1) is 5.92 Å². The number of allylic oxidation sites excluding steroid dienone is 1. The fourth-order valence-electron chi connectivity index (χ4n) is 5.87. The van der Waals surface area contributed by atoms with Gasteiger partial charge in [0.2, 0.25) is 0 Å². The summed E-state index contributed by atoms with van der Waals surface area (Å²) in [5.74, 6) is 2.05. The van der Waals surface area contributed by atoms with Crippen LogP contribution in [0.3, 0.4) is 0 Å². The third-order valence-electron chi connectivity index (χ3n) is 7.94. The number of thioether (sulfide) groups is 1. The molecule has 2 aliphatic heterocycles. The summed E-state index contributed by atoms with van der Waals surface area (Å²) in [7, 11) is 0. The number of benzene rings is 1. The van der Waals surface area contributed by atoms with Crippen LogP contribution < -0.4 is 15.5 Å². The molecular weight excluding hydrogens is 468 g/mol. The quantitative estimate of drug-likeness (QED) is 0.278. The molecular formula is C29H46N4S2. The van der Waals surface area contributed by atoms with Crippen LogP contribution in [0.2, 0.25) is 0 Å². The van der Waals surface area contributed by atoms with Crippen molar-refractivity contribution in [3.05, 3.63) is 35.4 Å². The first-order valence-corrected chi connectivity index (χ1v) is 15.6. The molecule has 2 heterocycles. The van der Waals surface area contributed by atoms with E-state index in [2.05, 4.69) is 57.7 Å². The molecule has 2 N–H and O–H groups in total. The first-order valence-electron chi connectivity index (χ1n) is 14.2. The molecule has 0 aromatic heterocycles. The Labute approximate surface area is 223 Å². The number of hydrogen-bond acceptors (Lipinski definition) is 4. The second-order valence-electron chi connectivity index (χ2n) is 10.6. The van der Waals surface area contributed by atoms with E-state index in [1.54, 1.807) is 0 Å². The SMILES string of the molecule is CC/C=C(\NC(=S)Nc1ccc(N2CCC(N3CCCCC3)CC2)cc1)SCC1CCCCCC1. The van der Waals surface area contributed by atoms with Crippen LogP contribution in [0.15, 0.2) is 35.4 Å². The van der Waals surface area contributed by atoms with Gasteiger partial charge in [0.15, 0.2) is 5.11 Å². The number of nitrogens with one attached hydrogen (secondary N) is 2. The van der Waals surface area contributed by atoms with Gasteiger partial charge in [-0.3, -0.25) is 0 Å². The Morgan fingerprint density at radius 3 is 2.23 bits per heavy atom. The van der Waals surface area contributed by atoms with Crippen LogP contribution in [0.25, 0.3) is 0 Å². The molecule has 6 heteroatoms. The van der Waals surface area contributed by atoms with Crippen molar-refractivity contribution < 1.29 is 0 Å². The van der Waals surface area contributed by atoms with Gasteiger partial charge >= 0.3 is 0 Å². The monoisotopic (exact) mass is 514 g/mol. The topological polar surface area (TPSA) is 30.5 Å². The van der Waals surface area contributed by atoms with Gasteiger partial charge in [0.25, 0.3) is 0 Å². The highest BCUT2D eigenvalue weighted by atomic mass is 32.2. The molecule has 194 valence electrons. The maximum atomic E-state index is 5.66. The molecule has 2 saturated heterocycles. The lowest BCUT2D eigenvalue weighted by Gasteiger charge is -2.41. The average molecular weight is 515 g/mol. The maximum Gasteiger partial charge on any atom is 0.175 e. The smallest absolute Gasteiger partial charge is 0.175 e. The van der Waals surface area contributed by atoms with Crippen molar-refractivity contribution in [2.75, 3.05) is 42.1 Å². The number of rotatable bonds is 8. The fourth-order valence-corrected chi connectivity index (χ4v) is 7.37. The van der Waals surface area contributed by atoms with Gasteiger partial charge in [0.1, 0.15) is 0 Å². The van der Waals surface area contributed by atoms with Gasteiger partial charge in [0, 0.05) is 36.3 Å². The van der Waals surface area contributed by atoms with Crippen LogP contribution in [0.4, 0.5) is 11.4 Å². The molecule has 3 fully saturated rings. The van der Waals surface area contributed by atoms with Crippen molar-refractivity contribution in [2.45, 2.75) is 90.0 Å². The van der Waals surface area contributed by atoms with E-state index in [0.29, 0.717) is 5.11 Å². The second kappa shape index (κ2) is 14.5. The Morgan fingerprint density at radius 1 is 0.914 bits per heavy atom. The molecule has 1 aromatic carbocycles. The zero-order chi connectivity index (χ0) is 24.3. The van der Waals surface area contributed by atoms with Gasteiger partial charge in [-0.1, -0.05) is 45.1 Å². The molecule has 0 atom stereocenters. The highest BCUT2D eigenvalue weighted by Gasteiger charge is 2.25. The van der Waals surface area contributed by atoms with E-state index in [1.165, 1.54) is 100 Å². The van der Waals surface area contributed by atoms with Crippen molar-refractivity contribution in [3.63, 3.8) is 0 Å². The van der Waals surface area contributed by atoms with Crippen molar-refractivity contribution in [1.82, 2.24) is 10.2 Å². The number of piperidine rings is 2. The van der Waals surface area contributed by atoms with Gasteiger partial charge in [-0.2, -0.15) is 0 Å². The molecule has 1 aromatic rings. The number of likely N-dealkylation sites (tertiary alicyclic amines) is 1. The van der Waals surface area contributed by atoms with Crippen molar-refractivity contribution in [2.24, 2.45) is 5.92 Å². The average Bonchev–Trinajstić information content (AvgIpc) is 3.17. The molecule has 4 nitrogen and oxygen atoms in total. The predicted octanol–water partition coefficient (Wildman–Crippen LogP) is 7.38. The largest absolute Gasteiger partial charge is 0.371 e. The van der Waals surface area contributed by atoms with E-state index in [0.717, 1.165) is 37.2 Å². The lowest BCUT2D eigenvalue weighted by Crippen LogP contribution is -2.46. The molecule has 3 aliphatic rings. The Kier molecular flexibility index (Phi) is 11.1. The van der Waals surface area contributed by atoms with Gasteiger partial charge < -0.3 is 20.4 Å². The van der Waals surface area contributed by atoms with Crippen LogP contribution in [-0.2, 0) is 0 Å². The summed E-state index contributed by atoms with van der Waals surface area (Å²) < 4.78 is 0. The van der Waals surface area contributed by atoms with E-state index >= 15 is 0 Å². The summed E-state index contributed by atoms with van der Waals surface area (Å²) in [5.41, 5.74) is 2.39.